The van der Waals surface area contributed by atoms with Gasteiger partial charge in [-0.25, -0.2) is 9.78 Å². The fourth-order valence-corrected chi connectivity index (χ4v) is 3.46. The zero-order chi connectivity index (χ0) is 19.4. The minimum absolute atomic E-state index is 0.112. The summed E-state index contributed by atoms with van der Waals surface area (Å²) < 4.78 is 10.6. The first-order valence-corrected chi connectivity index (χ1v) is 9.14. The molecule has 0 radical (unpaired) electrons. The van der Waals surface area contributed by atoms with Crippen LogP contribution in [0.15, 0.2) is 36.5 Å². The maximum Gasteiger partial charge on any atom is 0.408 e. The van der Waals surface area contributed by atoms with Gasteiger partial charge in [-0.1, -0.05) is 51.1 Å². The molecular weight excluding hydrogens is 344 g/mol. The molecule has 1 aromatic heterocycles. The Morgan fingerprint density at radius 1 is 1.30 bits per heavy atom. The molecule has 1 aliphatic heterocycles. The number of nitrogens with one attached hydrogen (secondary N) is 2. The minimum atomic E-state index is -0.469. The van der Waals surface area contributed by atoms with Gasteiger partial charge in [0.1, 0.15) is 6.61 Å². The van der Waals surface area contributed by atoms with Crippen LogP contribution in [0.1, 0.15) is 38.1 Å². The number of aromatic nitrogens is 2. The maximum absolute atomic E-state index is 12.4. The van der Waals surface area contributed by atoms with Crippen LogP contribution in [0.5, 0.6) is 6.01 Å². The number of carbonyl (C=O) groups excluding carboxylic acids is 1. The lowest BCUT2D eigenvalue weighted by atomic mass is 9.81. The zero-order valence-electron chi connectivity index (χ0n) is 16.1. The van der Waals surface area contributed by atoms with Crippen molar-refractivity contribution >= 4 is 11.8 Å². The molecule has 0 aliphatic carbocycles. The number of rotatable bonds is 5. The second-order valence-corrected chi connectivity index (χ2v) is 7.11. The van der Waals surface area contributed by atoms with Crippen molar-refractivity contribution in [3.8, 4) is 6.01 Å². The van der Waals surface area contributed by atoms with E-state index in [9.17, 15) is 4.79 Å². The lowest BCUT2D eigenvalue weighted by molar-refractivity contribution is 0.129. The Hall–Kier alpha value is -2.83. The average Bonchev–Trinajstić information content (AvgIpc) is 2.68. The van der Waals surface area contributed by atoms with E-state index in [-0.39, 0.29) is 30.6 Å². The van der Waals surface area contributed by atoms with E-state index in [0.717, 1.165) is 11.3 Å². The molecule has 0 saturated carbocycles. The minimum Gasteiger partial charge on any atom is -0.467 e. The molecule has 1 aromatic carbocycles. The lowest BCUT2D eigenvalue weighted by Gasteiger charge is -2.40. The van der Waals surface area contributed by atoms with Crippen LogP contribution in [0.3, 0.4) is 0 Å². The highest BCUT2D eigenvalue weighted by Crippen LogP contribution is 2.38. The third-order valence-corrected chi connectivity index (χ3v) is 4.89. The van der Waals surface area contributed by atoms with Gasteiger partial charge < -0.3 is 20.1 Å². The first kappa shape index (κ1) is 18.9. The molecule has 2 heterocycles. The van der Waals surface area contributed by atoms with E-state index in [1.807, 2.05) is 30.3 Å². The number of carbonyl (C=O) groups is 1. The van der Waals surface area contributed by atoms with Crippen molar-refractivity contribution in [2.24, 2.45) is 11.8 Å². The van der Waals surface area contributed by atoms with Crippen LogP contribution in [0.4, 0.5) is 10.5 Å². The summed E-state index contributed by atoms with van der Waals surface area (Å²) in [6.07, 6.45) is 1.23. The molecule has 144 valence electrons. The monoisotopic (exact) mass is 370 g/mol. The van der Waals surface area contributed by atoms with E-state index in [1.54, 1.807) is 6.20 Å². The summed E-state index contributed by atoms with van der Waals surface area (Å²) >= 11 is 0. The summed E-state index contributed by atoms with van der Waals surface area (Å²) in [7, 11) is 1.52. The molecule has 0 bridgehead atoms. The van der Waals surface area contributed by atoms with Crippen molar-refractivity contribution in [3.63, 3.8) is 0 Å². The van der Waals surface area contributed by atoms with Crippen LogP contribution >= 0.6 is 0 Å². The van der Waals surface area contributed by atoms with Gasteiger partial charge in [0.2, 0.25) is 0 Å². The van der Waals surface area contributed by atoms with Gasteiger partial charge in [0.05, 0.1) is 30.7 Å². The van der Waals surface area contributed by atoms with Gasteiger partial charge in [0.25, 0.3) is 0 Å². The quantitative estimate of drug-likeness (QED) is 0.837. The highest BCUT2D eigenvalue weighted by Gasteiger charge is 2.38. The van der Waals surface area contributed by atoms with Gasteiger partial charge in [-0.3, -0.25) is 0 Å². The molecule has 0 saturated heterocycles. The Morgan fingerprint density at radius 2 is 2.04 bits per heavy atom. The molecule has 7 nitrogen and oxygen atoms in total. The smallest absolute Gasteiger partial charge is 0.408 e. The third kappa shape index (κ3) is 4.30. The van der Waals surface area contributed by atoms with Crippen LogP contribution < -0.4 is 15.4 Å². The van der Waals surface area contributed by atoms with E-state index < -0.39 is 6.09 Å². The molecule has 1 aliphatic rings. The van der Waals surface area contributed by atoms with Crippen molar-refractivity contribution in [3.05, 3.63) is 47.8 Å². The number of ether oxygens (including phenoxy) is 2. The van der Waals surface area contributed by atoms with E-state index in [4.69, 9.17) is 9.47 Å². The van der Waals surface area contributed by atoms with Gasteiger partial charge in [0.15, 0.2) is 0 Å². The fourth-order valence-electron chi connectivity index (χ4n) is 3.46. The predicted octanol–water partition coefficient (Wildman–Crippen LogP) is 3.54. The Bertz CT molecular complexity index is 782. The SMILES string of the molecule is COc1ncc2c(n1)C(NC(=O)OCc1ccccc1)C(C)C(C(C)C)N2. The molecule has 3 rings (SSSR count). The average molecular weight is 370 g/mol. The molecular formula is C20H26N4O3. The van der Waals surface area contributed by atoms with E-state index in [1.165, 1.54) is 7.11 Å². The van der Waals surface area contributed by atoms with Crippen LogP contribution in [0, 0.1) is 11.8 Å². The highest BCUT2D eigenvalue weighted by atomic mass is 16.5. The van der Waals surface area contributed by atoms with Crippen molar-refractivity contribution in [2.75, 3.05) is 12.4 Å². The molecule has 27 heavy (non-hydrogen) atoms. The molecule has 3 atom stereocenters. The van der Waals surface area contributed by atoms with Crippen LogP contribution in [0.2, 0.25) is 0 Å². The molecule has 2 aromatic rings. The van der Waals surface area contributed by atoms with Gasteiger partial charge in [0, 0.05) is 12.0 Å². The maximum atomic E-state index is 12.4. The predicted molar refractivity (Wildman–Crippen MR) is 103 cm³/mol. The number of hydrogen-bond donors (Lipinski definition) is 2. The Kier molecular flexibility index (Phi) is 5.78. The third-order valence-electron chi connectivity index (χ3n) is 4.89. The first-order chi connectivity index (χ1) is 13.0. The summed E-state index contributed by atoms with van der Waals surface area (Å²) in [6.45, 7) is 6.61. The Morgan fingerprint density at radius 3 is 2.70 bits per heavy atom. The Labute approximate surface area is 159 Å². The molecule has 2 N–H and O–H groups in total. The topological polar surface area (TPSA) is 85.4 Å². The number of methoxy groups -OCH3 is 1. The van der Waals surface area contributed by atoms with E-state index in [0.29, 0.717) is 11.6 Å². The number of nitrogens with zero attached hydrogens (tertiary/aromatic N) is 2. The molecule has 0 fully saturated rings. The van der Waals surface area contributed by atoms with Crippen molar-refractivity contribution in [2.45, 2.75) is 39.5 Å². The summed E-state index contributed by atoms with van der Waals surface area (Å²) in [6, 6.07) is 9.75. The van der Waals surface area contributed by atoms with Gasteiger partial charge in [-0.05, 0) is 11.5 Å². The van der Waals surface area contributed by atoms with E-state index >= 15 is 0 Å². The van der Waals surface area contributed by atoms with Gasteiger partial charge in [-0.2, -0.15) is 4.98 Å². The number of amides is 1. The molecule has 3 unspecified atom stereocenters. The normalized spacial score (nSPS) is 21.1. The number of benzene rings is 1. The first-order valence-electron chi connectivity index (χ1n) is 9.14. The largest absolute Gasteiger partial charge is 0.467 e. The van der Waals surface area contributed by atoms with Crippen LogP contribution in [-0.4, -0.2) is 29.2 Å². The zero-order valence-corrected chi connectivity index (χ0v) is 16.1. The van der Waals surface area contributed by atoms with E-state index in [2.05, 4.69) is 41.4 Å². The standard InChI is InChI=1S/C20H26N4O3/c1-12(2)16-13(3)17(18-15(22-16)10-21-19(23-18)26-4)24-20(25)27-11-14-8-6-5-7-9-14/h5-10,12-13,16-17,22H,11H2,1-4H3,(H,24,25). The number of hydrogen-bond acceptors (Lipinski definition) is 6. The van der Waals surface area contributed by atoms with Gasteiger partial charge in [-0.15, -0.1) is 0 Å². The van der Waals surface area contributed by atoms with Crippen LogP contribution in [0.25, 0.3) is 0 Å². The summed E-state index contributed by atoms with van der Waals surface area (Å²) in [5.74, 6) is 0.487. The fraction of sp³-hybridized carbons (Fsp3) is 0.450. The lowest BCUT2D eigenvalue weighted by Crippen LogP contribution is -2.46. The van der Waals surface area contributed by atoms with Crippen LogP contribution in [-0.2, 0) is 11.3 Å². The number of alkyl carbamates (subject to hydrolysis) is 1. The summed E-state index contributed by atoms with van der Waals surface area (Å²) in [5.41, 5.74) is 2.46. The van der Waals surface area contributed by atoms with Crippen molar-refractivity contribution < 1.29 is 14.3 Å². The molecule has 7 heteroatoms. The van der Waals surface area contributed by atoms with Crippen molar-refractivity contribution in [1.82, 2.24) is 15.3 Å². The number of anilines is 1. The Balaban J connectivity index is 1.78. The second-order valence-electron chi connectivity index (χ2n) is 7.11. The summed E-state index contributed by atoms with van der Waals surface area (Å²) in [4.78, 5) is 21.1. The second kappa shape index (κ2) is 8.24. The number of fused-ring (bicyclic) bond motifs is 1. The van der Waals surface area contributed by atoms with Gasteiger partial charge >= 0.3 is 12.1 Å². The van der Waals surface area contributed by atoms with Crippen molar-refractivity contribution in [1.29, 1.82) is 0 Å². The molecule has 0 spiro atoms. The molecule has 1 amide bonds. The summed E-state index contributed by atoms with van der Waals surface area (Å²) in [5, 5.41) is 6.47. The highest BCUT2D eigenvalue weighted by molar-refractivity contribution is 5.69.